The lowest BCUT2D eigenvalue weighted by atomic mass is 10.2. The minimum atomic E-state index is -2.96. The summed E-state index contributed by atoms with van der Waals surface area (Å²) in [5, 5.41) is 3.89. The lowest BCUT2D eigenvalue weighted by molar-refractivity contribution is 0.373. The molecule has 142 valence electrons. The van der Waals surface area contributed by atoms with Gasteiger partial charge in [0.2, 0.25) is 0 Å². The topological polar surface area (TPSA) is 65.0 Å². The highest BCUT2D eigenvalue weighted by molar-refractivity contribution is 14.0. The molecule has 1 aromatic carbocycles. The van der Waals surface area contributed by atoms with Crippen molar-refractivity contribution >= 4 is 57.1 Å². The minimum absolute atomic E-state index is 0. The van der Waals surface area contributed by atoms with E-state index >= 15 is 0 Å². The fourth-order valence-electron chi connectivity index (χ4n) is 2.64. The molecule has 1 saturated heterocycles. The number of nitrogens with zero attached hydrogens (tertiary/aromatic N) is 3. The average molecular weight is 501 g/mol. The second-order valence-electron chi connectivity index (χ2n) is 5.66. The summed E-state index contributed by atoms with van der Waals surface area (Å²) >= 11 is 6.06. The van der Waals surface area contributed by atoms with E-state index in [0.717, 1.165) is 42.8 Å². The van der Waals surface area contributed by atoms with E-state index in [1.807, 2.05) is 18.2 Å². The van der Waals surface area contributed by atoms with Gasteiger partial charge in [-0.3, -0.25) is 4.99 Å². The molecule has 0 aromatic heterocycles. The molecule has 2 rings (SSSR count). The smallest absolute Gasteiger partial charge is 0.193 e. The molecule has 0 bridgehead atoms. The van der Waals surface area contributed by atoms with Gasteiger partial charge in [0, 0.05) is 56.2 Å². The largest absolute Gasteiger partial charge is 0.368 e. The van der Waals surface area contributed by atoms with Crippen molar-refractivity contribution in [3.05, 3.63) is 29.3 Å². The van der Waals surface area contributed by atoms with Crippen LogP contribution in [0.5, 0.6) is 0 Å². The Morgan fingerprint density at radius 1 is 1.28 bits per heavy atom. The van der Waals surface area contributed by atoms with Crippen LogP contribution in [0, 0.1) is 0 Å². The number of halogens is 2. The van der Waals surface area contributed by atoms with E-state index in [4.69, 9.17) is 11.6 Å². The summed E-state index contributed by atoms with van der Waals surface area (Å²) in [4.78, 5) is 8.71. The van der Waals surface area contributed by atoms with Gasteiger partial charge in [-0.05, 0) is 18.2 Å². The van der Waals surface area contributed by atoms with E-state index in [2.05, 4.69) is 26.2 Å². The van der Waals surface area contributed by atoms with Crippen LogP contribution in [-0.4, -0.2) is 70.6 Å². The lowest BCUT2D eigenvalue weighted by Gasteiger charge is -2.37. The molecular formula is C16H26ClIN4O2S. The Bertz CT molecular complexity index is 676. The summed E-state index contributed by atoms with van der Waals surface area (Å²) in [6.45, 7) is 5.44. The summed E-state index contributed by atoms with van der Waals surface area (Å²) in [5.74, 6) is 1.06. The van der Waals surface area contributed by atoms with Crippen LogP contribution in [0.3, 0.4) is 0 Å². The third-order valence-electron chi connectivity index (χ3n) is 4.10. The van der Waals surface area contributed by atoms with Crippen LogP contribution in [0.15, 0.2) is 29.3 Å². The van der Waals surface area contributed by atoms with Gasteiger partial charge in [-0.15, -0.1) is 24.0 Å². The standard InChI is InChI=1S/C16H25ClN4O2S.HI/c1-3-24(22,23)12-7-19-16(18-2)21-10-8-20(9-11-21)15-6-4-5-14(17)13-15;/h4-6,13H,3,7-12H2,1-2H3,(H,18,19);1H. The zero-order valence-corrected chi connectivity index (χ0v) is 18.5. The first-order chi connectivity index (χ1) is 11.4. The van der Waals surface area contributed by atoms with Crippen LogP contribution in [0.4, 0.5) is 5.69 Å². The molecule has 0 unspecified atom stereocenters. The highest BCUT2D eigenvalue weighted by atomic mass is 127. The van der Waals surface area contributed by atoms with E-state index in [-0.39, 0.29) is 35.5 Å². The van der Waals surface area contributed by atoms with Crippen molar-refractivity contribution in [2.75, 3.05) is 56.2 Å². The molecule has 0 radical (unpaired) electrons. The molecule has 9 heteroatoms. The minimum Gasteiger partial charge on any atom is -0.368 e. The van der Waals surface area contributed by atoms with Crippen molar-refractivity contribution < 1.29 is 8.42 Å². The van der Waals surface area contributed by atoms with Crippen molar-refractivity contribution in [1.82, 2.24) is 10.2 Å². The Morgan fingerprint density at radius 3 is 2.52 bits per heavy atom. The normalized spacial score (nSPS) is 15.7. The first kappa shape index (κ1) is 22.3. The van der Waals surface area contributed by atoms with Gasteiger partial charge in [0.25, 0.3) is 0 Å². The maximum Gasteiger partial charge on any atom is 0.193 e. The molecule has 25 heavy (non-hydrogen) atoms. The van der Waals surface area contributed by atoms with Crippen LogP contribution < -0.4 is 10.2 Å². The molecule has 0 aliphatic carbocycles. The van der Waals surface area contributed by atoms with Gasteiger partial charge in [0.1, 0.15) is 0 Å². The number of hydrogen-bond donors (Lipinski definition) is 1. The van der Waals surface area contributed by atoms with Gasteiger partial charge in [-0.25, -0.2) is 8.42 Å². The molecule has 0 spiro atoms. The first-order valence-electron chi connectivity index (χ1n) is 8.11. The Morgan fingerprint density at radius 2 is 1.96 bits per heavy atom. The fourth-order valence-corrected chi connectivity index (χ4v) is 3.53. The number of piperazine rings is 1. The summed E-state index contributed by atoms with van der Waals surface area (Å²) in [6.07, 6.45) is 0. The average Bonchev–Trinajstić information content (AvgIpc) is 2.59. The van der Waals surface area contributed by atoms with E-state index < -0.39 is 9.84 Å². The Hall–Kier alpha value is -0.740. The molecular weight excluding hydrogens is 475 g/mol. The van der Waals surface area contributed by atoms with Crippen LogP contribution in [0.1, 0.15) is 6.92 Å². The highest BCUT2D eigenvalue weighted by Crippen LogP contribution is 2.20. The molecule has 1 aliphatic heterocycles. The van der Waals surface area contributed by atoms with E-state index in [0.29, 0.717) is 6.54 Å². The van der Waals surface area contributed by atoms with Gasteiger partial charge in [0.15, 0.2) is 15.8 Å². The second-order valence-corrected chi connectivity index (χ2v) is 8.57. The van der Waals surface area contributed by atoms with Crippen molar-refractivity contribution in [3.8, 4) is 0 Å². The van der Waals surface area contributed by atoms with E-state index in [9.17, 15) is 8.42 Å². The molecule has 0 saturated carbocycles. The fraction of sp³-hybridized carbons (Fsp3) is 0.562. The van der Waals surface area contributed by atoms with Gasteiger partial charge in [0.05, 0.1) is 5.75 Å². The maximum atomic E-state index is 11.6. The number of nitrogens with one attached hydrogen (secondary N) is 1. The first-order valence-corrected chi connectivity index (χ1v) is 10.3. The third kappa shape index (κ3) is 6.82. The van der Waals surface area contributed by atoms with Gasteiger partial charge < -0.3 is 15.1 Å². The number of sulfone groups is 1. The van der Waals surface area contributed by atoms with Gasteiger partial charge in [-0.1, -0.05) is 24.6 Å². The molecule has 1 fully saturated rings. The van der Waals surface area contributed by atoms with E-state index in [1.165, 1.54) is 0 Å². The summed E-state index contributed by atoms with van der Waals surface area (Å²) < 4.78 is 23.1. The van der Waals surface area contributed by atoms with Crippen molar-refractivity contribution in [2.45, 2.75) is 6.92 Å². The molecule has 1 heterocycles. The SMILES string of the molecule is CCS(=O)(=O)CCNC(=NC)N1CCN(c2cccc(Cl)c2)CC1.I. The van der Waals surface area contributed by atoms with Crippen molar-refractivity contribution in [3.63, 3.8) is 0 Å². The lowest BCUT2D eigenvalue weighted by Crippen LogP contribution is -2.53. The summed E-state index contributed by atoms with van der Waals surface area (Å²) in [6, 6.07) is 7.86. The number of rotatable bonds is 5. The zero-order chi connectivity index (χ0) is 17.6. The predicted molar refractivity (Wildman–Crippen MR) is 116 cm³/mol. The zero-order valence-electron chi connectivity index (χ0n) is 14.6. The second kappa shape index (κ2) is 10.4. The molecule has 6 nitrogen and oxygen atoms in total. The van der Waals surface area contributed by atoms with Crippen LogP contribution >= 0.6 is 35.6 Å². The molecule has 1 aromatic rings. The Labute approximate surface area is 172 Å². The maximum absolute atomic E-state index is 11.6. The van der Waals surface area contributed by atoms with E-state index in [1.54, 1.807) is 14.0 Å². The number of benzene rings is 1. The summed E-state index contributed by atoms with van der Waals surface area (Å²) in [7, 11) is -1.24. The van der Waals surface area contributed by atoms with Crippen LogP contribution in [0.25, 0.3) is 0 Å². The van der Waals surface area contributed by atoms with Gasteiger partial charge in [-0.2, -0.15) is 0 Å². The monoisotopic (exact) mass is 500 g/mol. The van der Waals surface area contributed by atoms with Crippen molar-refractivity contribution in [2.24, 2.45) is 4.99 Å². The summed E-state index contributed by atoms with van der Waals surface area (Å²) in [5.41, 5.74) is 1.12. The molecule has 0 amide bonds. The molecule has 1 aliphatic rings. The van der Waals surface area contributed by atoms with Crippen LogP contribution in [-0.2, 0) is 9.84 Å². The number of aliphatic imine (C=N–C) groups is 1. The quantitative estimate of drug-likeness (QED) is 0.381. The number of hydrogen-bond acceptors (Lipinski definition) is 4. The van der Waals surface area contributed by atoms with Crippen LogP contribution in [0.2, 0.25) is 5.02 Å². The van der Waals surface area contributed by atoms with Crippen molar-refractivity contribution in [1.29, 1.82) is 0 Å². The number of guanidine groups is 1. The molecule has 1 N–H and O–H groups in total. The number of anilines is 1. The highest BCUT2D eigenvalue weighted by Gasteiger charge is 2.20. The molecule has 0 atom stereocenters. The van der Waals surface area contributed by atoms with Gasteiger partial charge >= 0.3 is 0 Å². The Kier molecular flexibility index (Phi) is 9.29. The third-order valence-corrected chi connectivity index (χ3v) is 6.04. The predicted octanol–water partition coefficient (Wildman–Crippen LogP) is 2.09. The Balaban J connectivity index is 0.00000312.